The molecule has 0 saturated carbocycles. The first-order valence-corrected chi connectivity index (χ1v) is 6.12. The lowest BCUT2D eigenvalue weighted by molar-refractivity contribution is -0.149. The summed E-state index contributed by atoms with van der Waals surface area (Å²) in [6.07, 6.45) is 0.488. The number of urea groups is 1. The summed E-state index contributed by atoms with van der Waals surface area (Å²) in [7, 11) is 1.59. The SMILES string of the molecule is CN(C(=O)NC(=O)CC(C)(C)C(=O)O)C1CCOC1. The number of carbonyl (C=O) groups excluding carboxylic acids is 2. The highest BCUT2D eigenvalue weighted by Gasteiger charge is 2.32. The number of carboxylic acids is 1. The number of rotatable bonds is 4. The number of imide groups is 1. The Morgan fingerprint density at radius 2 is 2.05 bits per heavy atom. The number of ether oxygens (including phenoxy) is 1. The molecular formula is C12H20N2O5. The summed E-state index contributed by atoms with van der Waals surface area (Å²) in [6, 6.07) is -0.568. The fourth-order valence-corrected chi connectivity index (χ4v) is 1.72. The van der Waals surface area contributed by atoms with E-state index in [1.54, 1.807) is 7.05 Å². The Hall–Kier alpha value is -1.63. The van der Waals surface area contributed by atoms with Gasteiger partial charge in [0.1, 0.15) is 0 Å². The van der Waals surface area contributed by atoms with Crippen molar-refractivity contribution in [2.45, 2.75) is 32.7 Å². The van der Waals surface area contributed by atoms with Crippen LogP contribution in [0.1, 0.15) is 26.7 Å². The molecule has 3 amide bonds. The monoisotopic (exact) mass is 272 g/mol. The second-order valence-corrected chi connectivity index (χ2v) is 5.35. The Kier molecular flexibility index (Phi) is 4.88. The van der Waals surface area contributed by atoms with Crippen LogP contribution in [0.2, 0.25) is 0 Å². The molecule has 0 bridgehead atoms. The van der Waals surface area contributed by atoms with Crippen molar-refractivity contribution in [2.24, 2.45) is 5.41 Å². The van der Waals surface area contributed by atoms with Crippen molar-refractivity contribution >= 4 is 17.9 Å². The van der Waals surface area contributed by atoms with Gasteiger partial charge < -0.3 is 14.7 Å². The highest BCUT2D eigenvalue weighted by atomic mass is 16.5. The lowest BCUT2D eigenvalue weighted by Crippen LogP contribution is -2.47. The third kappa shape index (κ3) is 4.20. The van der Waals surface area contributed by atoms with Crippen molar-refractivity contribution < 1.29 is 24.2 Å². The average molecular weight is 272 g/mol. The van der Waals surface area contributed by atoms with Crippen molar-refractivity contribution in [3.8, 4) is 0 Å². The minimum absolute atomic E-state index is 0.0414. The van der Waals surface area contributed by atoms with Crippen LogP contribution in [0.4, 0.5) is 4.79 Å². The first-order valence-electron chi connectivity index (χ1n) is 6.12. The Balaban J connectivity index is 2.47. The summed E-state index contributed by atoms with van der Waals surface area (Å²) in [4.78, 5) is 35.7. The van der Waals surface area contributed by atoms with E-state index < -0.39 is 23.3 Å². The van der Waals surface area contributed by atoms with Gasteiger partial charge in [0.2, 0.25) is 5.91 Å². The van der Waals surface area contributed by atoms with Crippen LogP contribution >= 0.6 is 0 Å². The number of likely N-dealkylation sites (N-methyl/N-ethyl adjacent to an activating group) is 1. The van der Waals surface area contributed by atoms with E-state index in [1.165, 1.54) is 18.7 Å². The minimum Gasteiger partial charge on any atom is -0.481 e. The molecule has 1 aliphatic rings. The summed E-state index contributed by atoms with van der Waals surface area (Å²) in [5, 5.41) is 11.1. The Morgan fingerprint density at radius 3 is 2.53 bits per heavy atom. The Morgan fingerprint density at radius 1 is 1.42 bits per heavy atom. The van der Waals surface area contributed by atoms with E-state index in [9.17, 15) is 14.4 Å². The van der Waals surface area contributed by atoms with E-state index in [0.717, 1.165) is 6.42 Å². The quantitative estimate of drug-likeness (QED) is 0.774. The van der Waals surface area contributed by atoms with Crippen LogP contribution in [0, 0.1) is 5.41 Å². The lowest BCUT2D eigenvalue weighted by Gasteiger charge is -2.24. The maximum Gasteiger partial charge on any atom is 0.324 e. The minimum atomic E-state index is -1.20. The Bertz CT molecular complexity index is 374. The van der Waals surface area contributed by atoms with E-state index in [-0.39, 0.29) is 12.5 Å². The van der Waals surface area contributed by atoms with Crippen molar-refractivity contribution in [3.05, 3.63) is 0 Å². The largest absolute Gasteiger partial charge is 0.481 e. The van der Waals surface area contributed by atoms with Gasteiger partial charge >= 0.3 is 12.0 Å². The fourth-order valence-electron chi connectivity index (χ4n) is 1.72. The molecule has 1 fully saturated rings. The van der Waals surface area contributed by atoms with Crippen molar-refractivity contribution in [2.75, 3.05) is 20.3 Å². The molecule has 1 rings (SSSR count). The van der Waals surface area contributed by atoms with Gasteiger partial charge in [-0.05, 0) is 20.3 Å². The van der Waals surface area contributed by atoms with E-state index in [4.69, 9.17) is 9.84 Å². The van der Waals surface area contributed by atoms with Crippen LogP contribution in [0.15, 0.2) is 0 Å². The number of carbonyl (C=O) groups is 3. The average Bonchev–Trinajstić information content (AvgIpc) is 2.79. The van der Waals surface area contributed by atoms with Gasteiger partial charge in [-0.2, -0.15) is 0 Å². The van der Waals surface area contributed by atoms with Gasteiger partial charge in [-0.25, -0.2) is 4.79 Å². The molecule has 0 radical (unpaired) electrons. The predicted molar refractivity (Wildman–Crippen MR) is 66.6 cm³/mol. The van der Waals surface area contributed by atoms with E-state index in [2.05, 4.69) is 5.32 Å². The number of nitrogens with zero attached hydrogens (tertiary/aromatic N) is 1. The number of hydrogen-bond donors (Lipinski definition) is 2. The van der Waals surface area contributed by atoms with Crippen molar-refractivity contribution in [1.82, 2.24) is 10.2 Å². The second-order valence-electron chi connectivity index (χ2n) is 5.35. The molecule has 1 heterocycles. The Labute approximate surface area is 111 Å². The summed E-state index contributed by atoms with van der Waals surface area (Å²) >= 11 is 0. The molecule has 0 aromatic heterocycles. The van der Waals surface area contributed by atoms with Crippen LogP contribution in [-0.4, -0.2) is 54.2 Å². The van der Waals surface area contributed by atoms with Gasteiger partial charge in [0.25, 0.3) is 0 Å². The maximum absolute atomic E-state index is 11.8. The molecule has 1 atom stereocenters. The molecule has 1 saturated heterocycles. The van der Waals surface area contributed by atoms with Gasteiger partial charge in [0, 0.05) is 20.1 Å². The van der Waals surface area contributed by atoms with E-state index in [1.807, 2.05) is 0 Å². The maximum atomic E-state index is 11.8. The van der Waals surface area contributed by atoms with Crippen LogP contribution in [-0.2, 0) is 14.3 Å². The number of aliphatic carboxylic acids is 1. The summed E-state index contributed by atoms with van der Waals surface area (Å²) in [5.74, 6) is -1.67. The van der Waals surface area contributed by atoms with Crippen molar-refractivity contribution in [1.29, 1.82) is 0 Å². The molecule has 7 heteroatoms. The van der Waals surface area contributed by atoms with Crippen LogP contribution in [0.5, 0.6) is 0 Å². The molecule has 19 heavy (non-hydrogen) atoms. The zero-order valence-electron chi connectivity index (χ0n) is 11.4. The highest BCUT2D eigenvalue weighted by molar-refractivity contribution is 5.96. The molecule has 108 valence electrons. The molecule has 0 spiro atoms. The van der Waals surface area contributed by atoms with Gasteiger partial charge in [-0.1, -0.05) is 0 Å². The van der Waals surface area contributed by atoms with Crippen LogP contribution in [0.3, 0.4) is 0 Å². The smallest absolute Gasteiger partial charge is 0.324 e. The van der Waals surface area contributed by atoms with Crippen LogP contribution < -0.4 is 5.32 Å². The number of hydrogen-bond acceptors (Lipinski definition) is 4. The van der Waals surface area contributed by atoms with E-state index in [0.29, 0.717) is 13.2 Å². The second kappa shape index (κ2) is 6.01. The normalized spacial score (nSPS) is 19.0. The van der Waals surface area contributed by atoms with E-state index >= 15 is 0 Å². The summed E-state index contributed by atoms with van der Waals surface area (Å²) in [6.45, 7) is 3.93. The van der Waals surface area contributed by atoms with Gasteiger partial charge in [0.05, 0.1) is 18.1 Å². The molecule has 7 nitrogen and oxygen atoms in total. The first kappa shape index (κ1) is 15.4. The molecule has 2 N–H and O–H groups in total. The highest BCUT2D eigenvalue weighted by Crippen LogP contribution is 2.20. The third-order valence-corrected chi connectivity index (χ3v) is 3.20. The summed E-state index contributed by atoms with van der Waals surface area (Å²) < 4.78 is 5.16. The van der Waals surface area contributed by atoms with Gasteiger partial charge in [0.15, 0.2) is 0 Å². The molecule has 0 aromatic rings. The van der Waals surface area contributed by atoms with Gasteiger partial charge in [-0.15, -0.1) is 0 Å². The first-order chi connectivity index (χ1) is 8.74. The molecule has 0 aliphatic carbocycles. The van der Waals surface area contributed by atoms with Crippen molar-refractivity contribution in [3.63, 3.8) is 0 Å². The predicted octanol–water partition coefficient (Wildman–Crippen LogP) is 0.444. The molecule has 1 aliphatic heterocycles. The molecular weight excluding hydrogens is 252 g/mol. The summed E-state index contributed by atoms with van der Waals surface area (Å²) in [5.41, 5.74) is -1.20. The fraction of sp³-hybridized carbons (Fsp3) is 0.750. The molecule has 0 aromatic carbocycles. The van der Waals surface area contributed by atoms with Gasteiger partial charge in [-0.3, -0.25) is 14.9 Å². The zero-order chi connectivity index (χ0) is 14.6. The molecule has 1 unspecified atom stereocenters. The third-order valence-electron chi connectivity index (χ3n) is 3.20. The number of amides is 3. The number of carboxylic acid groups (broad SMARTS) is 1. The standard InChI is InChI=1S/C12H20N2O5/c1-12(2,10(16)17)6-9(15)13-11(18)14(3)8-4-5-19-7-8/h8H,4-7H2,1-3H3,(H,16,17)(H,13,15,18). The lowest BCUT2D eigenvalue weighted by atomic mass is 9.89. The number of nitrogens with one attached hydrogen (secondary N) is 1. The topological polar surface area (TPSA) is 95.9 Å². The zero-order valence-corrected chi connectivity index (χ0v) is 11.4. The van der Waals surface area contributed by atoms with Crippen LogP contribution in [0.25, 0.3) is 0 Å².